The first-order valence-electron chi connectivity index (χ1n) is 9.84. The number of thiophene rings is 1. The molecule has 158 valence electrons. The van der Waals surface area contributed by atoms with Crippen molar-refractivity contribution in [1.29, 1.82) is 0 Å². The van der Waals surface area contributed by atoms with E-state index in [0.717, 1.165) is 30.0 Å². The first-order chi connectivity index (χ1) is 14.7. The van der Waals surface area contributed by atoms with Gasteiger partial charge in [0.15, 0.2) is 11.5 Å². The minimum atomic E-state index is -0.0387. The molecule has 1 atom stereocenters. The second-order valence-corrected chi connectivity index (χ2v) is 8.79. The van der Waals surface area contributed by atoms with Crippen LogP contribution in [0.4, 0.5) is 0 Å². The van der Waals surface area contributed by atoms with Crippen LogP contribution in [0.3, 0.4) is 0 Å². The monoisotopic (exact) mass is 444 g/mol. The normalized spacial score (nSPS) is 15.8. The summed E-state index contributed by atoms with van der Waals surface area (Å²) in [6.45, 7) is 2.28. The number of carbonyl (C=O) groups is 1. The number of benzene rings is 1. The number of aromatic nitrogens is 1. The second-order valence-electron chi connectivity index (χ2n) is 7.03. The highest BCUT2D eigenvalue weighted by Gasteiger charge is 2.24. The summed E-state index contributed by atoms with van der Waals surface area (Å²) in [5, 5.41) is 3.97. The van der Waals surface area contributed by atoms with Crippen molar-refractivity contribution in [3.63, 3.8) is 0 Å². The summed E-state index contributed by atoms with van der Waals surface area (Å²) in [4.78, 5) is 20.6. The quantitative estimate of drug-likeness (QED) is 0.482. The maximum Gasteiger partial charge on any atom is 0.254 e. The van der Waals surface area contributed by atoms with Crippen LogP contribution >= 0.6 is 22.7 Å². The van der Waals surface area contributed by atoms with Gasteiger partial charge in [-0.3, -0.25) is 4.79 Å². The van der Waals surface area contributed by atoms with Crippen LogP contribution < -0.4 is 9.47 Å². The molecule has 1 aliphatic rings. The number of ether oxygens (including phenoxy) is 3. The van der Waals surface area contributed by atoms with E-state index in [2.05, 4.69) is 11.1 Å². The molecule has 0 saturated carbocycles. The molecule has 3 heterocycles. The van der Waals surface area contributed by atoms with E-state index >= 15 is 0 Å². The molecule has 0 bridgehead atoms. The largest absolute Gasteiger partial charge is 0.493 e. The molecule has 1 aliphatic heterocycles. The summed E-state index contributed by atoms with van der Waals surface area (Å²) < 4.78 is 17.1. The molecule has 1 fully saturated rings. The van der Waals surface area contributed by atoms with Crippen LogP contribution in [0.5, 0.6) is 11.5 Å². The van der Waals surface area contributed by atoms with Crippen molar-refractivity contribution in [2.75, 3.05) is 20.3 Å². The highest BCUT2D eigenvalue weighted by molar-refractivity contribution is 7.09. The lowest BCUT2D eigenvalue weighted by Crippen LogP contribution is -2.36. The van der Waals surface area contributed by atoms with Crippen LogP contribution in [-0.2, 0) is 17.9 Å². The van der Waals surface area contributed by atoms with E-state index in [1.165, 1.54) is 11.3 Å². The first kappa shape index (κ1) is 20.8. The van der Waals surface area contributed by atoms with Crippen LogP contribution in [-0.4, -0.2) is 42.2 Å². The molecule has 1 aromatic carbocycles. The number of amides is 1. The molecule has 1 saturated heterocycles. The van der Waals surface area contributed by atoms with Gasteiger partial charge < -0.3 is 19.1 Å². The fourth-order valence-electron chi connectivity index (χ4n) is 3.41. The van der Waals surface area contributed by atoms with Gasteiger partial charge in [-0.15, -0.1) is 22.7 Å². The van der Waals surface area contributed by atoms with Gasteiger partial charge in [-0.05, 0) is 42.5 Å². The molecule has 1 amide bonds. The summed E-state index contributed by atoms with van der Waals surface area (Å²) in [6.07, 6.45) is 2.13. The molecule has 6 nitrogen and oxygen atoms in total. The summed E-state index contributed by atoms with van der Waals surface area (Å²) in [6, 6.07) is 9.38. The van der Waals surface area contributed by atoms with Crippen molar-refractivity contribution in [1.82, 2.24) is 9.88 Å². The minimum Gasteiger partial charge on any atom is -0.493 e. The Bertz CT molecular complexity index is 938. The second kappa shape index (κ2) is 10.1. The molecule has 0 spiro atoms. The predicted molar refractivity (Wildman–Crippen MR) is 117 cm³/mol. The minimum absolute atomic E-state index is 0.0387. The number of thiazole rings is 1. The molecule has 0 radical (unpaired) electrons. The van der Waals surface area contributed by atoms with Crippen LogP contribution in [0, 0.1) is 0 Å². The number of nitrogens with zero attached hydrogens (tertiary/aromatic N) is 2. The van der Waals surface area contributed by atoms with Gasteiger partial charge in [0.1, 0.15) is 6.61 Å². The van der Waals surface area contributed by atoms with Crippen LogP contribution in [0.25, 0.3) is 0 Å². The zero-order valence-corrected chi connectivity index (χ0v) is 18.4. The number of hydrogen-bond acceptors (Lipinski definition) is 7. The fraction of sp³-hybridized carbons (Fsp3) is 0.364. The van der Waals surface area contributed by atoms with Crippen molar-refractivity contribution >= 4 is 28.6 Å². The van der Waals surface area contributed by atoms with Gasteiger partial charge in [0.25, 0.3) is 5.91 Å². The van der Waals surface area contributed by atoms with Crippen LogP contribution in [0.1, 0.15) is 33.8 Å². The lowest BCUT2D eigenvalue weighted by atomic mass is 10.1. The fourth-order valence-corrected chi connectivity index (χ4v) is 4.67. The van der Waals surface area contributed by atoms with E-state index in [1.54, 1.807) is 42.2 Å². The Labute approximate surface area is 184 Å². The van der Waals surface area contributed by atoms with E-state index in [9.17, 15) is 4.79 Å². The molecule has 1 unspecified atom stereocenters. The van der Waals surface area contributed by atoms with E-state index < -0.39 is 0 Å². The Balaban J connectivity index is 1.50. The third kappa shape index (κ3) is 5.19. The van der Waals surface area contributed by atoms with Gasteiger partial charge >= 0.3 is 0 Å². The van der Waals surface area contributed by atoms with Gasteiger partial charge in [-0.1, -0.05) is 6.07 Å². The van der Waals surface area contributed by atoms with Crippen molar-refractivity contribution in [2.45, 2.75) is 32.1 Å². The van der Waals surface area contributed by atoms with Crippen LogP contribution in [0.2, 0.25) is 0 Å². The summed E-state index contributed by atoms with van der Waals surface area (Å²) in [5.41, 5.74) is 3.21. The summed E-state index contributed by atoms with van der Waals surface area (Å²) in [5.74, 6) is 1.08. The summed E-state index contributed by atoms with van der Waals surface area (Å²) in [7, 11) is 1.58. The third-order valence-electron chi connectivity index (χ3n) is 4.93. The highest BCUT2D eigenvalue weighted by atomic mass is 32.1. The van der Waals surface area contributed by atoms with Gasteiger partial charge in [-0.2, -0.15) is 0 Å². The van der Waals surface area contributed by atoms with Crippen molar-refractivity contribution in [3.05, 3.63) is 62.7 Å². The average Bonchev–Trinajstić information content (AvgIpc) is 3.55. The number of methoxy groups -OCH3 is 1. The number of hydrogen-bond donors (Lipinski definition) is 0. The lowest BCUT2D eigenvalue weighted by molar-refractivity contribution is 0.0509. The smallest absolute Gasteiger partial charge is 0.254 e. The van der Waals surface area contributed by atoms with Crippen LogP contribution in [0.15, 0.2) is 46.6 Å². The van der Waals surface area contributed by atoms with Crippen molar-refractivity contribution in [2.24, 2.45) is 0 Å². The molecular formula is C22H24N2O4S2. The highest BCUT2D eigenvalue weighted by Crippen LogP contribution is 2.30. The summed E-state index contributed by atoms with van der Waals surface area (Å²) >= 11 is 3.18. The van der Waals surface area contributed by atoms with Gasteiger partial charge in [0, 0.05) is 29.0 Å². The topological polar surface area (TPSA) is 60.9 Å². The lowest BCUT2D eigenvalue weighted by Gasteiger charge is -2.25. The van der Waals surface area contributed by atoms with Gasteiger partial charge in [-0.25, -0.2) is 4.98 Å². The van der Waals surface area contributed by atoms with E-state index in [0.29, 0.717) is 36.8 Å². The maximum absolute atomic E-state index is 13.4. The molecule has 0 aliphatic carbocycles. The molecule has 0 N–H and O–H groups in total. The Hall–Kier alpha value is -2.42. The molecule has 8 heteroatoms. The molecule has 30 heavy (non-hydrogen) atoms. The molecule has 4 rings (SSSR count). The van der Waals surface area contributed by atoms with Gasteiger partial charge in [0.05, 0.1) is 31.0 Å². The van der Waals surface area contributed by atoms with Crippen molar-refractivity contribution in [3.8, 4) is 11.5 Å². The Morgan fingerprint density at radius 3 is 2.97 bits per heavy atom. The number of carbonyl (C=O) groups excluding carboxylic acids is 1. The predicted octanol–water partition coefficient (Wildman–Crippen LogP) is 4.61. The zero-order valence-electron chi connectivity index (χ0n) is 16.8. The number of rotatable bonds is 9. The molecule has 3 aromatic rings. The Morgan fingerprint density at radius 2 is 2.27 bits per heavy atom. The first-order valence-corrected chi connectivity index (χ1v) is 11.7. The van der Waals surface area contributed by atoms with E-state index in [1.807, 2.05) is 21.7 Å². The molecular weight excluding hydrogens is 420 g/mol. The SMILES string of the molecule is COc1cc(C(=O)N(Cc2cccs2)CC2CCCO2)ccc1OCc1cscn1. The van der Waals surface area contributed by atoms with E-state index in [4.69, 9.17) is 14.2 Å². The zero-order chi connectivity index (χ0) is 20.8. The Morgan fingerprint density at radius 1 is 1.33 bits per heavy atom. The maximum atomic E-state index is 13.4. The van der Waals surface area contributed by atoms with Gasteiger partial charge in [0.2, 0.25) is 0 Å². The average molecular weight is 445 g/mol. The van der Waals surface area contributed by atoms with Crippen molar-refractivity contribution < 1.29 is 19.0 Å². The third-order valence-corrected chi connectivity index (χ3v) is 6.43. The van der Waals surface area contributed by atoms with E-state index in [-0.39, 0.29) is 12.0 Å². The molecule has 2 aromatic heterocycles. The standard InChI is InChI=1S/C22H24N2O4S2/c1-26-21-10-16(6-7-20(21)28-13-17-14-29-15-23-17)22(25)24(11-18-4-2-8-27-18)12-19-5-3-9-30-19/h3,5-7,9-10,14-15,18H,2,4,8,11-13H2,1H3. The Kier molecular flexibility index (Phi) is 6.99.